The highest BCUT2D eigenvalue weighted by molar-refractivity contribution is 5.68. The van der Waals surface area contributed by atoms with Gasteiger partial charge in [0.15, 0.2) is 0 Å². The molecule has 0 fully saturated rings. The summed E-state index contributed by atoms with van der Waals surface area (Å²) in [4.78, 5) is 12.1. The SMILES string of the molecule is CC(C)[C@@H]1OCc2ccccc2[C@@H]1NC(=O)OC(C)(C)C. The Hall–Kier alpha value is -1.55. The Morgan fingerprint density at radius 1 is 1.33 bits per heavy atom. The minimum Gasteiger partial charge on any atom is -0.444 e. The van der Waals surface area contributed by atoms with Gasteiger partial charge >= 0.3 is 6.09 Å². The highest BCUT2D eigenvalue weighted by Crippen LogP contribution is 2.33. The van der Waals surface area contributed by atoms with Crippen molar-refractivity contribution in [3.05, 3.63) is 35.4 Å². The minimum atomic E-state index is -0.507. The van der Waals surface area contributed by atoms with Gasteiger partial charge < -0.3 is 14.8 Å². The zero-order valence-corrected chi connectivity index (χ0v) is 13.5. The predicted molar refractivity (Wildman–Crippen MR) is 82.0 cm³/mol. The van der Waals surface area contributed by atoms with E-state index < -0.39 is 11.7 Å². The van der Waals surface area contributed by atoms with Crippen molar-refractivity contribution in [1.82, 2.24) is 5.32 Å². The molecule has 0 spiro atoms. The van der Waals surface area contributed by atoms with Crippen LogP contribution in [0.25, 0.3) is 0 Å². The largest absolute Gasteiger partial charge is 0.444 e. The lowest BCUT2D eigenvalue weighted by Gasteiger charge is -2.36. The molecule has 0 aromatic heterocycles. The third kappa shape index (κ3) is 3.97. The van der Waals surface area contributed by atoms with Gasteiger partial charge in [-0.2, -0.15) is 0 Å². The lowest BCUT2D eigenvalue weighted by molar-refractivity contribution is -0.0317. The van der Waals surface area contributed by atoms with Gasteiger partial charge in [0.1, 0.15) is 5.60 Å². The van der Waals surface area contributed by atoms with Crippen molar-refractivity contribution in [3.8, 4) is 0 Å². The van der Waals surface area contributed by atoms with Crippen molar-refractivity contribution >= 4 is 6.09 Å². The van der Waals surface area contributed by atoms with Gasteiger partial charge in [-0.05, 0) is 37.8 Å². The molecule has 0 unspecified atom stereocenters. The fraction of sp³-hybridized carbons (Fsp3) is 0.588. The van der Waals surface area contributed by atoms with E-state index in [0.717, 1.165) is 11.1 Å². The molecule has 1 aromatic carbocycles. The molecule has 0 saturated carbocycles. The Kier molecular flexibility index (Phi) is 4.57. The second-order valence-corrected chi connectivity index (χ2v) is 6.84. The van der Waals surface area contributed by atoms with Crippen molar-refractivity contribution in [1.29, 1.82) is 0 Å². The molecular formula is C17H25NO3. The van der Waals surface area contributed by atoms with Crippen LogP contribution in [0, 0.1) is 5.92 Å². The molecule has 4 nitrogen and oxygen atoms in total. The Morgan fingerprint density at radius 3 is 2.62 bits per heavy atom. The molecule has 0 radical (unpaired) electrons. The monoisotopic (exact) mass is 291 g/mol. The fourth-order valence-corrected chi connectivity index (χ4v) is 2.60. The zero-order chi connectivity index (χ0) is 15.6. The molecule has 2 rings (SSSR count). The zero-order valence-electron chi connectivity index (χ0n) is 13.5. The van der Waals surface area contributed by atoms with Crippen molar-refractivity contribution < 1.29 is 14.3 Å². The van der Waals surface area contributed by atoms with Crippen LogP contribution < -0.4 is 5.32 Å². The molecule has 116 valence electrons. The van der Waals surface area contributed by atoms with Gasteiger partial charge in [-0.15, -0.1) is 0 Å². The van der Waals surface area contributed by atoms with E-state index in [1.807, 2.05) is 39.0 Å². The number of hydrogen-bond acceptors (Lipinski definition) is 3. The van der Waals surface area contributed by atoms with Crippen LogP contribution in [0.2, 0.25) is 0 Å². The van der Waals surface area contributed by atoms with Crippen LogP contribution in [0.15, 0.2) is 24.3 Å². The number of carbonyl (C=O) groups is 1. The van der Waals surface area contributed by atoms with E-state index in [1.54, 1.807) is 0 Å². The first kappa shape index (κ1) is 15.8. The van der Waals surface area contributed by atoms with Crippen LogP contribution in [0.4, 0.5) is 4.79 Å². The summed E-state index contributed by atoms with van der Waals surface area (Å²) >= 11 is 0. The quantitative estimate of drug-likeness (QED) is 0.901. The second-order valence-electron chi connectivity index (χ2n) is 6.84. The van der Waals surface area contributed by atoms with Crippen LogP contribution in [-0.4, -0.2) is 17.8 Å². The van der Waals surface area contributed by atoms with Gasteiger partial charge in [0.2, 0.25) is 0 Å². The number of carbonyl (C=O) groups excluding carboxylic acids is 1. The average molecular weight is 291 g/mol. The topological polar surface area (TPSA) is 47.6 Å². The second kappa shape index (κ2) is 6.06. The van der Waals surface area contributed by atoms with E-state index in [-0.39, 0.29) is 12.1 Å². The van der Waals surface area contributed by atoms with E-state index in [2.05, 4.69) is 25.2 Å². The van der Waals surface area contributed by atoms with Gasteiger partial charge in [-0.25, -0.2) is 4.79 Å². The van der Waals surface area contributed by atoms with E-state index >= 15 is 0 Å². The molecule has 0 bridgehead atoms. The normalized spacial score (nSPS) is 21.8. The van der Waals surface area contributed by atoms with Crippen LogP contribution in [0.1, 0.15) is 51.8 Å². The molecule has 1 heterocycles. The Labute approximate surface area is 126 Å². The molecule has 1 aliphatic rings. The summed E-state index contributed by atoms with van der Waals surface area (Å²) in [5.41, 5.74) is 1.73. The van der Waals surface area contributed by atoms with E-state index in [1.165, 1.54) is 0 Å². The van der Waals surface area contributed by atoms with Crippen molar-refractivity contribution in [3.63, 3.8) is 0 Å². The molecule has 1 aromatic rings. The summed E-state index contributed by atoms with van der Waals surface area (Å²) in [7, 11) is 0. The van der Waals surface area contributed by atoms with Crippen molar-refractivity contribution in [2.24, 2.45) is 5.92 Å². The number of hydrogen-bond donors (Lipinski definition) is 1. The summed E-state index contributed by atoms with van der Waals surface area (Å²) in [6.45, 7) is 10.4. The van der Waals surface area contributed by atoms with Gasteiger partial charge in [0, 0.05) is 0 Å². The highest BCUT2D eigenvalue weighted by atomic mass is 16.6. The molecular weight excluding hydrogens is 266 g/mol. The molecule has 21 heavy (non-hydrogen) atoms. The van der Waals surface area contributed by atoms with Crippen molar-refractivity contribution in [2.45, 2.75) is 59.0 Å². The van der Waals surface area contributed by atoms with Crippen molar-refractivity contribution in [2.75, 3.05) is 0 Å². The summed E-state index contributed by atoms with van der Waals surface area (Å²) in [6, 6.07) is 7.89. The summed E-state index contributed by atoms with van der Waals surface area (Å²) in [5.74, 6) is 0.304. The molecule has 0 aliphatic carbocycles. The predicted octanol–water partition coefficient (Wildman–Crippen LogP) is 3.81. The van der Waals surface area contributed by atoms with Gasteiger partial charge in [-0.3, -0.25) is 0 Å². The number of amides is 1. The minimum absolute atomic E-state index is 0.0487. The maximum atomic E-state index is 12.1. The molecule has 1 amide bonds. The molecule has 4 heteroatoms. The first-order valence-corrected chi connectivity index (χ1v) is 7.47. The Balaban J connectivity index is 2.22. The number of benzene rings is 1. The van der Waals surface area contributed by atoms with Crippen LogP contribution in [0.3, 0.4) is 0 Å². The van der Waals surface area contributed by atoms with Crippen LogP contribution in [0.5, 0.6) is 0 Å². The Morgan fingerprint density at radius 2 is 2.00 bits per heavy atom. The standard InChI is InChI=1S/C17H25NO3/c1-11(2)15-14(18-16(19)21-17(3,4)5)13-9-7-6-8-12(13)10-20-15/h6-9,11,14-15H,10H2,1-5H3,(H,18,19)/t14-,15-/m0/s1. The fourth-order valence-electron chi connectivity index (χ4n) is 2.60. The van der Waals surface area contributed by atoms with E-state index in [9.17, 15) is 4.79 Å². The number of alkyl carbamates (subject to hydrolysis) is 1. The van der Waals surface area contributed by atoms with Crippen LogP contribution in [-0.2, 0) is 16.1 Å². The highest BCUT2D eigenvalue weighted by Gasteiger charge is 2.34. The summed E-state index contributed by atoms with van der Waals surface area (Å²) in [6.07, 6.45) is -0.453. The molecule has 2 atom stereocenters. The van der Waals surface area contributed by atoms with Gasteiger partial charge in [0.05, 0.1) is 18.8 Å². The number of ether oxygens (including phenoxy) is 2. The van der Waals surface area contributed by atoms with Crippen LogP contribution >= 0.6 is 0 Å². The lowest BCUT2D eigenvalue weighted by atomic mass is 9.88. The lowest BCUT2D eigenvalue weighted by Crippen LogP contribution is -2.44. The average Bonchev–Trinajstić information content (AvgIpc) is 2.36. The first-order chi connectivity index (χ1) is 9.78. The third-order valence-electron chi connectivity index (χ3n) is 3.48. The Bertz CT molecular complexity index is 505. The summed E-state index contributed by atoms with van der Waals surface area (Å²) in [5, 5.41) is 2.98. The molecule has 1 aliphatic heterocycles. The maximum absolute atomic E-state index is 12.1. The third-order valence-corrected chi connectivity index (χ3v) is 3.48. The number of nitrogens with one attached hydrogen (secondary N) is 1. The summed E-state index contributed by atoms with van der Waals surface area (Å²) < 4.78 is 11.3. The van der Waals surface area contributed by atoms with Gasteiger partial charge in [0.25, 0.3) is 0 Å². The first-order valence-electron chi connectivity index (χ1n) is 7.47. The number of rotatable bonds is 2. The smallest absolute Gasteiger partial charge is 0.408 e. The van der Waals surface area contributed by atoms with E-state index in [0.29, 0.717) is 12.5 Å². The molecule has 0 saturated heterocycles. The number of fused-ring (bicyclic) bond motifs is 1. The maximum Gasteiger partial charge on any atom is 0.408 e. The molecule has 1 N–H and O–H groups in total. The van der Waals surface area contributed by atoms with Gasteiger partial charge in [-0.1, -0.05) is 38.1 Å². The van der Waals surface area contributed by atoms with E-state index in [4.69, 9.17) is 9.47 Å².